The summed E-state index contributed by atoms with van der Waals surface area (Å²) in [5.41, 5.74) is 0. The molecule has 0 bridgehead atoms. The maximum Gasteiger partial charge on any atom is 0.155 e. The van der Waals surface area contributed by atoms with Crippen molar-refractivity contribution in [1.29, 1.82) is 0 Å². The molecule has 18 heavy (non-hydrogen) atoms. The predicted octanol–water partition coefficient (Wildman–Crippen LogP) is 3.05. The lowest BCUT2D eigenvalue weighted by Crippen LogP contribution is -2.39. The van der Waals surface area contributed by atoms with Gasteiger partial charge in [0.2, 0.25) is 0 Å². The number of halogens is 1. The number of rotatable bonds is 3. The summed E-state index contributed by atoms with van der Waals surface area (Å²) >= 11 is 5.21. The predicted molar refractivity (Wildman–Crippen MR) is 80.0 cm³/mol. The Hall–Kier alpha value is 0.0900. The van der Waals surface area contributed by atoms with Crippen molar-refractivity contribution in [3.63, 3.8) is 0 Å². The van der Waals surface area contributed by atoms with Crippen molar-refractivity contribution in [2.75, 3.05) is 12.8 Å². The second kappa shape index (κ2) is 5.61. The number of nitrogens with one attached hydrogen (secondary N) is 1. The summed E-state index contributed by atoms with van der Waals surface area (Å²) in [7, 11) is -1.12. The first kappa shape index (κ1) is 14.5. The monoisotopic (exact) mass is 351 g/mol. The van der Waals surface area contributed by atoms with Gasteiger partial charge in [-0.1, -0.05) is 6.42 Å². The van der Waals surface area contributed by atoms with Gasteiger partial charge < -0.3 is 5.32 Å². The highest BCUT2D eigenvalue weighted by molar-refractivity contribution is 9.10. The van der Waals surface area contributed by atoms with Crippen molar-refractivity contribution in [2.45, 2.75) is 37.5 Å². The minimum absolute atomic E-state index is 0.0941. The SMILES string of the molecule is CNC(c1sc(C)cc1Br)C1CCCCS1(=O)=O. The number of thiophene rings is 1. The van der Waals surface area contributed by atoms with Crippen LogP contribution in [0.2, 0.25) is 0 Å². The Labute approximate surface area is 121 Å². The van der Waals surface area contributed by atoms with E-state index in [1.807, 2.05) is 14.0 Å². The van der Waals surface area contributed by atoms with Crippen LogP contribution in [0.4, 0.5) is 0 Å². The molecule has 102 valence electrons. The van der Waals surface area contributed by atoms with Crippen LogP contribution in [0, 0.1) is 6.92 Å². The number of hydrogen-bond acceptors (Lipinski definition) is 4. The van der Waals surface area contributed by atoms with E-state index in [2.05, 4.69) is 27.3 Å². The molecule has 0 radical (unpaired) electrons. The van der Waals surface area contributed by atoms with Crippen molar-refractivity contribution < 1.29 is 8.42 Å². The molecule has 2 heterocycles. The van der Waals surface area contributed by atoms with Crippen LogP contribution in [0.15, 0.2) is 10.5 Å². The van der Waals surface area contributed by atoms with E-state index in [1.165, 1.54) is 4.88 Å². The van der Waals surface area contributed by atoms with Gasteiger partial charge in [-0.05, 0) is 48.8 Å². The molecule has 1 aliphatic rings. The molecule has 2 unspecified atom stereocenters. The van der Waals surface area contributed by atoms with Crippen LogP contribution in [-0.4, -0.2) is 26.5 Å². The van der Waals surface area contributed by atoms with Crippen molar-refractivity contribution >= 4 is 37.1 Å². The highest BCUT2D eigenvalue weighted by Gasteiger charge is 2.37. The Morgan fingerprint density at radius 2 is 2.22 bits per heavy atom. The maximum absolute atomic E-state index is 12.2. The van der Waals surface area contributed by atoms with Gasteiger partial charge in [0.25, 0.3) is 0 Å². The second-order valence-electron chi connectivity index (χ2n) is 4.74. The Balaban J connectivity index is 2.36. The van der Waals surface area contributed by atoms with Gasteiger partial charge in [0, 0.05) is 14.2 Å². The van der Waals surface area contributed by atoms with Gasteiger partial charge in [0.05, 0.1) is 17.0 Å². The van der Waals surface area contributed by atoms with Crippen LogP contribution in [-0.2, 0) is 9.84 Å². The Morgan fingerprint density at radius 3 is 2.72 bits per heavy atom. The first-order valence-corrected chi connectivity index (χ1v) is 9.43. The quantitative estimate of drug-likeness (QED) is 0.910. The Bertz CT molecular complexity index is 524. The molecule has 1 saturated heterocycles. The lowest BCUT2D eigenvalue weighted by molar-refractivity contribution is 0.472. The third kappa shape index (κ3) is 2.81. The van der Waals surface area contributed by atoms with Crippen LogP contribution < -0.4 is 5.32 Å². The minimum Gasteiger partial charge on any atom is -0.311 e. The van der Waals surface area contributed by atoms with E-state index in [0.29, 0.717) is 5.75 Å². The van der Waals surface area contributed by atoms with E-state index in [-0.39, 0.29) is 11.3 Å². The topological polar surface area (TPSA) is 46.2 Å². The van der Waals surface area contributed by atoms with Gasteiger partial charge in [-0.15, -0.1) is 11.3 Å². The molecule has 1 N–H and O–H groups in total. The molecule has 3 nitrogen and oxygen atoms in total. The van der Waals surface area contributed by atoms with E-state index in [0.717, 1.165) is 28.6 Å². The molecule has 0 saturated carbocycles. The fourth-order valence-corrected chi connectivity index (χ4v) is 6.83. The lowest BCUT2D eigenvalue weighted by atomic mass is 10.1. The highest BCUT2D eigenvalue weighted by Crippen LogP contribution is 2.38. The van der Waals surface area contributed by atoms with Crippen LogP contribution in [0.1, 0.15) is 35.1 Å². The standard InChI is InChI=1S/C12H18BrNO2S2/c1-8-7-9(13)12(17-8)11(14-2)10-5-3-4-6-18(10,15)16/h7,10-11,14H,3-6H2,1-2H3. The van der Waals surface area contributed by atoms with E-state index in [9.17, 15) is 8.42 Å². The average molecular weight is 352 g/mol. The first-order valence-electron chi connectivity index (χ1n) is 6.10. The van der Waals surface area contributed by atoms with Crippen LogP contribution in [0.5, 0.6) is 0 Å². The molecule has 1 aliphatic heterocycles. The first-order chi connectivity index (χ1) is 8.45. The molecule has 0 aromatic carbocycles. The largest absolute Gasteiger partial charge is 0.311 e. The van der Waals surface area contributed by atoms with Gasteiger partial charge in [0.1, 0.15) is 0 Å². The van der Waals surface area contributed by atoms with E-state index >= 15 is 0 Å². The zero-order chi connectivity index (χ0) is 13.3. The summed E-state index contributed by atoms with van der Waals surface area (Å²) in [4.78, 5) is 2.30. The molecule has 0 spiro atoms. The Kier molecular flexibility index (Phi) is 4.52. The molecule has 2 rings (SSSR count). The van der Waals surface area contributed by atoms with Crippen LogP contribution >= 0.6 is 27.3 Å². The van der Waals surface area contributed by atoms with Crippen molar-refractivity contribution in [3.8, 4) is 0 Å². The van der Waals surface area contributed by atoms with Gasteiger partial charge in [-0.3, -0.25) is 0 Å². The minimum atomic E-state index is -2.97. The van der Waals surface area contributed by atoms with Gasteiger partial charge in [-0.25, -0.2) is 8.42 Å². The summed E-state index contributed by atoms with van der Waals surface area (Å²) in [5.74, 6) is 0.331. The molecule has 6 heteroatoms. The fraction of sp³-hybridized carbons (Fsp3) is 0.667. The highest BCUT2D eigenvalue weighted by atomic mass is 79.9. The van der Waals surface area contributed by atoms with E-state index in [1.54, 1.807) is 11.3 Å². The van der Waals surface area contributed by atoms with Crippen LogP contribution in [0.25, 0.3) is 0 Å². The molecule has 0 aliphatic carbocycles. The molecule has 1 aromatic rings. The summed E-state index contributed by atoms with van der Waals surface area (Å²) in [6.07, 6.45) is 2.57. The molecule has 0 amide bonds. The maximum atomic E-state index is 12.2. The van der Waals surface area contributed by atoms with Gasteiger partial charge in [-0.2, -0.15) is 0 Å². The molecular formula is C12H18BrNO2S2. The average Bonchev–Trinajstić information content (AvgIpc) is 2.61. The molecule has 1 aromatic heterocycles. The second-order valence-corrected chi connectivity index (χ2v) is 9.22. The number of sulfone groups is 1. The van der Waals surface area contributed by atoms with Gasteiger partial charge >= 0.3 is 0 Å². The summed E-state index contributed by atoms with van der Waals surface area (Å²) in [6.45, 7) is 2.04. The smallest absolute Gasteiger partial charge is 0.155 e. The van der Waals surface area contributed by atoms with Crippen molar-refractivity contribution in [2.24, 2.45) is 0 Å². The summed E-state index contributed by atoms with van der Waals surface area (Å²) in [5, 5.41) is 2.91. The molecule has 2 atom stereocenters. The summed E-state index contributed by atoms with van der Waals surface area (Å²) in [6, 6.07) is 1.96. The zero-order valence-corrected chi connectivity index (χ0v) is 13.8. The number of hydrogen-bond donors (Lipinski definition) is 1. The number of aryl methyl sites for hydroxylation is 1. The van der Waals surface area contributed by atoms with E-state index in [4.69, 9.17) is 0 Å². The lowest BCUT2D eigenvalue weighted by Gasteiger charge is -2.29. The molecule has 1 fully saturated rings. The van der Waals surface area contributed by atoms with E-state index < -0.39 is 9.84 Å². The van der Waals surface area contributed by atoms with Crippen molar-refractivity contribution in [3.05, 3.63) is 20.3 Å². The fourth-order valence-electron chi connectivity index (χ4n) is 2.55. The zero-order valence-electron chi connectivity index (χ0n) is 10.6. The molecular weight excluding hydrogens is 334 g/mol. The van der Waals surface area contributed by atoms with Crippen molar-refractivity contribution in [1.82, 2.24) is 5.32 Å². The normalized spacial score (nSPS) is 24.9. The Morgan fingerprint density at radius 1 is 1.50 bits per heavy atom. The van der Waals surface area contributed by atoms with Gasteiger partial charge in [0.15, 0.2) is 9.84 Å². The van der Waals surface area contributed by atoms with Crippen LogP contribution in [0.3, 0.4) is 0 Å². The third-order valence-corrected chi connectivity index (χ3v) is 7.77. The summed E-state index contributed by atoms with van der Waals surface area (Å²) < 4.78 is 25.5. The third-order valence-electron chi connectivity index (χ3n) is 3.43.